The number of halogens is 1. The van der Waals surface area contributed by atoms with Crippen LogP contribution in [0.15, 0.2) is 18.2 Å². The van der Waals surface area contributed by atoms with E-state index in [4.69, 9.17) is 21.1 Å². The molecule has 0 unspecified atom stereocenters. The van der Waals surface area contributed by atoms with Gasteiger partial charge < -0.3 is 14.8 Å². The molecule has 18 heavy (non-hydrogen) atoms. The smallest absolute Gasteiger partial charge is 0.139 e. The van der Waals surface area contributed by atoms with Crippen molar-refractivity contribution < 1.29 is 9.47 Å². The summed E-state index contributed by atoms with van der Waals surface area (Å²) >= 11 is 5.95. The second-order valence-electron chi connectivity index (χ2n) is 4.57. The number of methoxy groups -OCH3 is 1. The minimum Gasteiger partial charge on any atom is -0.495 e. The molecule has 0 spiro atoms. The molecule has 0 aromatic heterocycles. The van der Waals surface area contributed by atoms with Gasteiger partial charge in [-0.25, -0.2) is 0 Å². The number of hydrogen-bond acceptors (Lipinski definition) is 3. The van der Waals surface area contributed by atoms with Crippen LogP contribution in [0.1, 0.15) is 20.3 Å². The number of hydrogen-bond donors (Lipinski definition) is 1. The zero-order valence-corrected chi connectivity index (χ0v) is 12.1. The SMILES string of the molecule is COc1cc(NCCOCCC(C)C)ccc1Cl. The van der Waals surface area contributed by atoms with Crippen LogP contribution < -0.4 is 10.1 Å². The summed E-state index contributed by atoms with van der Waals surface area (Å²) in [7, 11) is 1.61. The van der Waals surface area contributed by atoms with Crippen LogP contribution in [-0.4, -0.2) is 26.9 Å². The fraction of sp³-hybridized carbons (Fsp3) is 0.571. The predicted molar refractivity (Wildman–Crippen MR) is 76.8 cm³/mol. The second kappa shape index (κ2) is 8.22. The highest BCUT2D eigenvalue weighted by molar-refractivity contribution is 6.32. The van der Waals surface area contributed by atoms with Crippen LogP contribution in [0.2, 0.25) is 5.02 Å². The Morgan fingerprint density at radius 2 is 2.06 bits per heavy atom. The van der Waals surface area contributed by atoms with Gasteiger partial charge in [0.1, 0.15) is 5.75 Å². The summed E-state index contributed by atoms with van der Waals surface area (Å²) in [6.45, 7) is 6.70. The van der Waals surface area contributed by atoms with E-state index in [1.807, 2.05) is 18.2 Å². The molecule has 0 atom stereocenters. The average molecular weight is 272 g/mol. The molecule has 0 saturated heterocycles. The Balaban J connectivity index is 2.23. The molecule has 102 valence electrons. The minimum absolute atomic E-state index is 0.622. The Morgan fingerprint density at radius 3 is 2.72 bits per heavy atom. The van der Waals surface area contributed by atoms with Crippen molar-refractivity contribution in [3.8, 4) is 5.75 Å². The third-order valence-electron chi connectivity index (χ3n) is 2.57. The summed E-state index contributed by atoms with van der Waals surface area (Å²) in [6, 6.07) is 5.64. The van der Waals surface area contributed by atoms with Crippen LogP contribution in [0.25, 0.3) is 0 Å². The fourth-order valence-corrected chi connectivity index (χ4v) is 1.65. The van der Waals surface area contributed by atoms with Crippen molar-refractivity contribution in [2.24, 2.45) is 5.92 Å². The molecule has 4 heteroatoms. The zero-order chi connectivity index (χ0) is 13.4. The van der Waals surface area contributed by atoms with Crippen molar-refractivity contribution in [3.05, 3.63) is 23.2 Å². The maximum atomic E-state index is 5.95. The summed E-state index contributed by atoms with van der Waals surface area (Å²) in [5.41, 5.74) is 0.990. The number of benzene rings is 1. The van der Waals surface area contributed by atoms with Crippen molar-refractivity contribution in [1.82, 2.24) is 0 Å². The van der Waals surface area contributed by atoms with E-state index in [2.05, 4.69) is 19.2 Å². The molecule has 1 aromatic rings. The van der Waals surface area contributed by atoms with Gasteiger partial charge in [0.15, 0.2) is 0 Å². The van der Waals surface area contributed by atoms with E-state index in [1.54, 1.807) is 7.11 Å². The van der Waals surface area contributed by atoms with E-state index < -0.39 is 0 Å². The highest BCUT2D eigenvalue weighted by atomic mass is 35.5. The van der Waals surface area contributed by atoms with Crippen molar-refractivity contribution in [2.75, 3.05) is 32.2 Å². The van der Waals surface area contributed by atoms with Gasteiger partial charge in [-0.15, -0.1) is 0 Å². The Morgan fingerprint density at radius 1 is 1.28 bits per heavy atom. The maximum absolute atomic E-state index is 5.95. The third-order valence-corrected chi connectivity index (χ3v) is 2.88. The lowest BCUT2D eigenvalue weighted by Crippen LogP contribution is -2.10. The number of anilines is 1. The molecular formula is C14H22ClNO2. The number of nitrogens with one attached hydrogen (secondary N) is 1. The molecule has 0 aliphatic rings. The molecule has 3 nitrogen and oxygen atoms in total. The van der Waals surface area contributed by atoms with Crippen molar-refractivity contribution in [3.63, 3.8) is 0 Å². The van der Waals surface area contributed by atoms with Gasteiger partial charge in [-0.3, -0.25) is 0 Å². The molecule has 1 aromatic carbocycles. The Labute approximate surface area is 114 Å². The Hall–Kier alpha value is -0.930. The summed E-state index contributed by atoms with van der Waals surface area (Å²) in [6.07, 6.45) is 1.11. The normalized spacial score (nSPS) is 10.7. The lowest BCUT2D eigenvalue weighted by atomic mass is 10.1. The topological polar surface area (TPSA) is 30.5 Å². The molecule has 0 bridgehead atoms. The molecule has 0 fully saturated rings. The summed E-state index contributed by atoms with van der Waals surface area (Å²) in [5, 5.41) is 3.89. The van der Waals surface area contributed by atoms with Crippen molar-refractivity contribution in [2.45, 2.75) is 20.3 Å². The molecule has 0 aliphatic carbocycles. The van der Waals surface area contributed by atoms with Gasteiger partial charge >= 0.3 is 0 Å². The summed E-state index contributed by atoms with van der Waals surface area (Å²) in [4.78, 5) is 0. The van der Waals surface area contributed by atoms with E-state index in [0.717, 1.165) is 25.3 Å². The summed E-state index contributed by atoms with van der Waals surface area (Å²) in [5.74, 6) is 1.38. The zero-order valence-electron chi connectivity index (χ0n) is 11.3. The van der Waals surface area contributed by atoms with Gasteiger partial charge in [0, 0.05) is 24.9 Å². The minimum atomic E-state index is 0.622. The molecule has 1 N–H and O–H groups in total. The van der Waals surface area contributed by atoms with Crippen LogP contribution in [0.4, 0.5) is 5.69 Å². The van der Waals surface area contributed by atoms with Gasteiger partial charge in [0.2, 0.25) is 0 Å². The van der Waals surface area contributed by atoms with E-state index in [-0.39, 0.29) is 0 Å². The standard InChI is InChI=1S/C14H22ClNO2/c1-11(2)6-8-18-9-7-16-12-4-5-13(15)14(10-12)17-3/h4-5,10-11,16H,6-9H2,1-3H3. The van der Waals surface area contributed by atoms with Gasteiger partial charge in [0.25, 0.3) is 0 Å². The van der Waals surface area contributed by atoms with Gasteiger partial charge in [-0.1, -0.05) is 25.4 Å². The second-order valence-corrected chi connectivity index (χ2v) is 4.98. The first-order chi connectivity index (χ1) is 8.63. The molecule has 1 rings (SSSR count). The molecule has 0 aliphatic heterocycles. The Kier molecular flexibility index (Phi) is 6.91. The van der Waals surface area contributed by atoms with Crippen LogP contribution in [0, 0.1) is 5.92 Å². The largest absolute Gasteiger partial charge is 0.495 e. The number of rotatable bonds is 8. The highest BCUT2D eigenvalue weighted by Gasteiger charge is 2.01. The van der Waals surface area contributed by atoms with Crippen LogP contribution >= 0.6 is 11.6 Å². The first-order valence-corrected chi connectivity index (χ1v) is 6.66. The quantitative estimate of drug-likeness (QED) is 0.729. The highest BCUT2D eigenvalue weighted by Crippen LogP contribution is 2.27. The molecular weight excluding hydrogens is 250 g/mol. The molecule has 0 amide bonds. The van der Waals surface area contributed by atoms with Crippen LogP contribution in [0.5, 0.6) is 5.75 Å². The first kappa shape index (κ1) is 15.1. The van der Waals surface area contributed by atoms with E-state index >= 15 is 0 Å². The molecule has 0 radical (unpaired) electrons. The van der Waals surface area contributed by atoms with Crippen molar-refractivity contribution in [1.29, 1.82) is 0 Å². The molecule has 0 saturated carbocycles. The van der Waals surface area contributed by atoms with E-state index in [9.17, 15) is 0 Å². The lowest BCUT2D eigenvalue weighted by Gasteiger charge is -2.10. The molecule has 0 heterocycles. The Bertz CT molecular complexity index is 356. The predicted octanol–water partition coefficient (Wildman–Crippen LogP) is 3.82. The maximum Gasteiger partial charge on any atom is 0.139 e. The van der Waals surface area contributed by atoms with Gasteiger partial charge in [-0.05, 0) is 24.5 Å². The summed E-state index contributed by atoms with van der Waals surface area (Å²) < 4.78 is 10.7. The third kappa shape index (κ3) is 5.61. The van der Waals surface area contributed by atoms with E-state index in [0.29, 0.717) is 23.3 Å². The lowest BCUT2D eigenvalue weighted by molar-refractivity contribution is 0.132. The van der Waals surface area contributed by atoms with Gasteiger partial charge in [-0.2, -0.15) is 0 Å². The fourth-order valence-electron chi connectivity index (χ4n) is 1.46. The average Bonchev–Trinajstić information content (AvgIpc) is 2.35. The van der Waals surface area contributed by atoms with Gasteiger partial charge in [0.05, 0.1) is 18.7 Å². The van der Waals surface area contributed by atoms with Crippen LogP contribution in [0.3, 0.4) is 0 Å². The first-order valence-electron chi connectivity index (χ1n) is 6.28. The van der Waals surface area contributed by atoms with Crippen LogP contribution in [-0.2, 0) is 4.74 Å². The van der Waals surface area contributed by atoms with Crippen molar-refractivity contribution >= 4 is 17.3 Å². The number of ether oxygens (including phenoxy) is 2. The monoisotopic (exact) mass is 271 g/mol. The van der Waals surface area contributed by atoms with E-state index in [1.165, 1.54) is 0 Å².